The highest BCUT2D eigenvalue weighted by atomic mass is 19.1. The Morgan fingerprint density at radius 3 is 3.10 bits per heavy atom. The van der Waals surface area contributed by atoms with Gasteiger partial charge in [0, 0.05) is 19.2 Å². The highest BCUT2D eigenvalue weighted by Gasteiger charge is 2.16. The number of hydrogen-bond donors (Lipinski definition) is 2. The molecule has 0 spiro atoms. The lowest BCUT2D eigenvalue weighted by Gasteiger charge is -2.18. The van der Waals surface area contributed by atoms with Gasteiger partial charge in [-0.15, -0.1) is 0 Å². The van der Waals surface area contributed by atoms with E-state index in [1.165, 1.54) is 12.1 Å². The maximum Gasteiger partial charge on any atom is 0.123 e. The zero-order valence-corrected chi connectivity index (χ0v) is 12.4. The molecule has 0 saturated carbocycles. The summed E-state index contributed by atoms with van der Waals surface area (Å²) in [5, 5.41) is 13.0. The molecule has 5 heteroatoms. The summed E-state index contributed by atoms with van der Waals surface area (Å²) in [4.78, 5) is 0. The number of nitrogens with one attached hydrogen (secondary N) is 1. The Morgan fingerprint density at radius 1 is 1.52 bits per heavy atom. The molecule has 1 aromatic carbocycles. The summed E-state index contributed by atoms with van der Waals surface area (Å²) in [5.74, 6) is -0.249. The molecule has 118 valence electrons. The van der Waals surface area contributed by atoms with Crippen molar-refractivity contribution < 1.29 is 19.0 Å². The van der Waals surface area contributed by atoms with Crippen LogP contribution >= 0.6 is 0 Å². The fourth-order valence-corrected chi connectivity index (χ4v) is 2.38. The topological polar surface area (TPSA) is 50.7 Å². The molecule has 1 aliphatic rings. The molecule has 0 bridgehead atoms. The van der Waals surface area contributed by atoms with Crippen LogP contribution in [0, 0.1) is 5.82 Å². The van der Waals surface area contributed by atoms with Gasteiger partial charge >= 0.3 is 0 Å². The molecule has 4 nitrogen and oxygen atoms in total. The molecule has 0 amide bonds. The lowest BCUT2D eigenvalue weighted by molar-refractivity contribution is -0.0168. The summed E-state index contributed by atoms with van der Waals surface area (Å²) in [7, 11) is 0. The second-order valence-corrected chi connectivity index (χ2v) is 5.51. The standard InChI is InChI=1S/C16H24FNO3/c1-12(13-4-2-5-14(17)8-13)18-9-15(19)10-20-11-16-6-3-7-21-16/h2,4-5,8,12,15-16,18-19H,3,6-7,9-11H2,1H3. The Hall–Kier alpha value is -1.01. The van der Waals surface area contributed by atoms with Crippen molar-refractivity contribution >= 4 is 0 Å². The van der Waals surface area contributed by atoms with Gasteiger partial charge in [-0.1, -0.05) is 12.1 Å². The van der Waals surface area contributed by atoms with Crippen molar-refractivity contribution in [1.82, 2.24) is 5.32 Å². The van der Waals surface area contributed by atoms with Crippen LogP contribution in [0.3, 0.4) is 0 Å². The monoisotopic (exact) mass is 297 g/mol. The van der Waals surface area contributed by atoms with Crippen molar-refractivity contribution in [2.45, 2.75) is 38.0 Å². The van der Waals surface area contributed by atoms with Crippen molar-refractivity contribution in [3.8, 4) is 0 Å². The average Bonchev–Trinajstić information content (AvgIpc) is 2.98. The third-order valence-electron chi connectivity index (χ3n) is 3.65. The van der Waals surface area contributed by atoms with Gasteiger partial charge in [-0.05, 0) is 37.5 Å². The van der Waals surface area contributed by atoms with Gasteiger partial charge in [0.15, 0.2) is 0 Å². The summed E-state index contributed by atoms with van der Waals surface area (Å²) >= 11 is 0. The molecular formula is C16H24FNO3. The predicted molar refractivity (Wildman–Crippen MR) is 78.6 cm³/mol. The van der Waals surface area contributed by atoms with Crippen LogP contribution in [0.15, 0.2) is 24.3 Å². The number of ether oxygens (including phenoxy) is 2. The first-order valence-electron chi connectivity index (χ1n) is 7.51. The number of benzene rings is 1. The molecule has 2 rings (SSSR count). The Morgan fingerprint density at radius 2 is 2.38 bits per heavy atom. The largest absolute Gasteiger partial charge is 0.389 e. The molecule has 0 aromatic heterocycles. The summed E-state index contributed by atoms with van der Waals surface area (Å²) in [5.41, 5.74) is 0.863. The molecule has 1 aliphatic heterocycles. The molecule has 1 saturated heterocycles. The van der Waals surface area contributed by atoms with Crippen molar-refractivity contribution in [3.63, 3.8) is 0 Å². The van der Waals surface area contributed by atoms with Gasteiger partial charge in [0.1, 0.15) is 5.82 Å². The van der Waals surface area contributed by atoms with Crippen LogP contribution in [0.25, 0.3) is 0 Å². The summed E-state index contributed by atoms with van der Waals surface area (Å²) in [6.45, 7) is 3.97. The van der Waals surface area contributed by atoms with Crippen molar-refractivity contribution in [2.75, 3.05) is 26.4 Å². The number of halogens is 1. The molecule has 3 atom stereocenters. The van der Waals surface area contributed by atoms with E-state index in [9.17, 15) is 9.50 Å². The molecule has 2 N–H and O–H groups in total. The summed E-state index contributed by atoms with van der Waals surface area (Å²) < 4.78 is 24.0. The first-order chi connectivity index (χ1) is 10.1. The van der Waals surface area contributed by atoms with Crippen LogP contribution in [0.4, 0.5) is 4.39 Å². The summed E-state index contributed by atoms with van der Waals surface area (Å²) in [6, 6.07) is 6.45. The number of aliphatic hydroxyl groups excluding tert-OH is 1. The van der Waals surface area contributed by atoms with E-state index in [0.717, 1.165) is 25.0 Å². The molecule has 0 aliphatic carbocycles. The third-order valence-corrected chi connectivity index (χ3v) is 3.65. The van der Waals surface area contributed by atoms with Crippen molar-refractivity contribution in [1.29, 1.82) is 0 Å². The van der Waals surface area contributed by atoms with E-state index in [-0.39, 0.29) is 24.6 Å². The number of rotatable bonds is 8. The minimum Gasteiger partial charge on any atom is -0.389 e. The van der Waals surface area contributed by atoms with E-state index in [1.807, 2.05) is 13.0 Å². The normalized spacial score (nSPS) is 21.4. The van der Waals surface area contributed by atoms with E-state index >= 15 is 0 Å². The smallest absolute Gasteiger partial charge is 0.123 e. The molecular weight excluding hydrogens is 273 g/mol. The number of hydrogen-bond acceptors (Lipinski definition) is 4. The fourth-order valence-electron chi connectivity index (χ4n) is 2.38. The van der Waals surface area contributed by atoms with E-state index < -0.39 is 6.10 Å². The SMILES string of the molecule is CC(NCC(O)COCC1CCCO1)c1cccc(F)c1. The van der Waals surface area contributed by atoms with E-state index in [0.29, 0.717) is 13.2 Å². The van der Waals surface area contributed by atoms with Crippen molar-refractivity contribution in [3.05, 3.63) is 35.6 Å². The third kappa shape index (κ3) is 5.71. The first-order valence-corrected chi connectivity index (χ1v) is 7.51. The molecule has 1 fully saturated rings. The Labute approximate surface area is 125 Å². The molecule has 21 heavy (non-hydrogen) atoms. The van der Waals surface area contributed by atoms with Crippen LogP contribution in [0.1, 0.15) is 31.4 Å². The molecule has 1 heterocycles. The molecule has 1 aromatic rings. The lowest BCUT2D eigenvalue weighted by atomic mass is 10.1. The van der Waals surface area contributed by atoms with Crippen LogP contribution in [0.2, 0.25) is 0 Å². The maximum absolute atomic E-state index is 13.1. The van der Waals surface area contributed by atoms with Gasteiger partial charge in [-0.3, -0.25) is 0 Å². The second-order valence-electron chi connectivity index (χ2n) is 5.51. The van der Waals surface area contributed by atoms with Crippen LogP contribution in [-0.2, 0) is 9.47 Å². The van der Waals surface area contributed by atoms with Crippen molar-refractivity contribution in [2.24, 2.45) is 0 Å². The quantitative estimate of drug-likeness (QED) is 0.771. The van der Waals surface area contributed by atoms with Gasteiger partial charge < -0.3 is 19.9 Å². The van der Waals surface area contributed by atoms with Gasteiger partial charge in [0.2, 0.25) is 0 Å². The molecule has 3 unspecified atom stereocenters. The van der Waals surface area contributed by atoms with Gasteiger partial charge in [0.25, 0.3) is 0 Å². The van der Waals surface area contributed by atoms with Crippen LogP contribution in [-0.4, -0.2) is 43.7 Å². The predicted octanol–water partition coefficient (Wildman–Crippen LogP) is 2.03. The fraction of sp³-hybridized carbons (Fsp3) is 0.625. The summed E-state index contributed by atoms with van der Waals surface area (Å²) in [6.07, 6.45) is 1.72. The number of aliphatic hydroxyl groups is 1. The second kappa shape index (κ2) is 8.44. The van der Waals surface area contributed by atoms with E-state index in [1.54, 1.807) is 6.07 Å². The van der Waals surface area contributed by atoms with Gasteiger partial charge in [-0.2, -0.15) is 0 Å². The highest BCUT2D eigenvalue weighted by molar-refractivity contribution is 5.19. The lowest BCUT2D eigenvalue weighted by Crippen LogP contribution is -2.33. The minimum absolute atomic E-state index is 0.0199. The van der Waals surface area contributed by atoms with Crippen LogP contribution < -0.4 is 5.32 Å². The maximum atomic E-state index is 13.1. The van der Waals surface area contributed by atoms with Gasteiger partial charge in [-0.25, -0.2) is 4.39 Å². The van der Waals surface area contributed by atoms with E-state index in [4.69, 9.17) is 9.47 Å². The average molecular weight is 297 g/mol. The Balaban J connectivity index is 1.62. The zero-order chi connectivity index (χ0) is 15.1. The highest BCUT2D eigenvalue weighted by Crippen LogP contribution is 2.14. The first kappa shape index (κ1) is 16.4. The van der Waals surface area contributed by atoms with Gasteiger partial charge in [0.05, 0.1) is 25.4 Å². The minimum atomic E-state index is -0.581. The van der Waals surface area contributed by atoms with E-state index in [2.05, 4.69) is 5.32 Å². The Kier molecular flexibility index (Phi) is 6.57. The Bertz CT molecular complexity index is 424. The zero-order valence-electron chi connectivity index (χ0n) is 12.4. The molecule has 0 radical (unpaired) electrons. The van der Waals surface area contributed by atoms with Crippen LogP contribution in [0.5, 0.6) is 0 Å².